The van der Waals surface area contributed by atoms with Crippen LogP contribution in [0.1, 0.15) is 18.4 Å². The Morgan fingerprint density at radius 2 is 2.00 bits per heavy atom. The van der Waals surface area contributed by atoms with Gasteiger partial charge in [-0.15, -0.1) is 0 Å². The van der Waals surface area contributed by atoms with E-state index in [1.54, 1.807) is 0 Å². The summed E-state index contributed by atoms with van der Waals surface area (Å²) in [5.74, 6) is -3.64. The molecule has 1 atom stereocenters. The Kier molecular flexibility index (Phi) is 3.54. The first-order valence-corrected chi connectivity index (χ1v) is 5.94. The topological polar surface area (TPSA) is 12.0 Å². The summed E-state index contributed by atoms with van der Waals surface area (Å²) in [5.41, 5.74) is 0.213. The molecule has 1 heterocycles. The molecule has 0 saturated carbocycles. The molecule has 1 nitrogen and oxygen atoms in total. The number of nitrogens with one attached hydrogen (secondary N) is 1. The SMILES string of the molecule is Fc1c(Br)cc(CC2CCCN2)c(F)c1F. The third-order valence-corrected chi connectivity index (χ3v) is 3.38. The van der Waals surface area contributed by atoms with E-state index in [0.717, 1.165) is 19.4 Å². The Balaban J connectivity index is 2.26. The number of hydrogen-bond donors (Lipinski definition) is 1. The average Bonchev–Trinajstić information content (AvgIpc) is 2.76. The normalized spacial score (nSPS) is 20.4. The third kappa shape index (κ3) is 2.25. The van der Waals surface area contributed by atoms with Gasteiger partial charge in [-0.1, -0.05) is 0 Å². The lowest BCUT2D eigenvalue weighted by atomic mass is 10.0. The highest BCUT2D eigenvalue weighted by atomic mass is 79.9. The first-order chi connectivity index (χ1) is 7.59. The van der Waals surface area contributed by atoms with Crippen LogP contribution in [0.3, 0.4) is 0 Å². The van der Waals surface area contributed by atoms with Gasteiger partial charge in [-0.3, -0.25) is 0 Å². The molecule has 1 fully saturated rings. The lowest BCUT2D eigenvalue weighted by molar-refractivity contribution is 0.433. The highest BCUT2D eigenvalue weighted by molar-refractivity contribution is 9.10. The van der Waals surface area contributed by atoms with Crippen LogP contribution < -0.4 is 5.32 Å². The molecule has 88 valence electrons. The van der Waals surface area contributed by atoms with Crippen molar-refractivity contribution in [3.8, 4) is 0 Å². The minimum atomic E-state index is -1.40. The standard InChI is InChI=1S/C11H11BrF3N/c12-8-5-6(4-7-2-1-3-16-7)9(13)11(15)10(8)14/h5,7,16H,1-4H2. The van der Waals surface area contributed by atoms with Crippen molar-refractivity contribution >= 4 is 15.9 Å². The van der Waals surface area contributed by atoms with Gasteiger partial charge in [0.25, 0.3) is 0 Å². The third-order valence-electron chi connectivity index (χ3n) is 2.81. The second-order valence-electron chi connectivity index (χ2n) is 3.96. The van der Waals surface area contributed by atoms with Crippen LogP contribution in [0, 0.1) is 17.5 Å². The van der Waals surface area contributed by atoms with Gasteiger partial charge in [0, 0.05) is 6.04 Å². The molecule has 1 N–H and O–H groups in total. The maximum atomic E-state index is 13.4. The van der Waals surface area contributed by atoms with E-state index < -0.39 is 17.5 Å². The zero-order valence-electron chi connectivity index (χ0n) is 8.49. The summed E-state index contributed by atoms with van der Waals surface area (Å²) in [7, 11) is 0. The second-order valence-corrected chi connectivity index (χ2v) is 4.81. The van der Waals surface area contributed by atoms with E-state index in [4.69, 9.17) is 0 Å². The van der Waals surface area contributed by atoms with Crippen molar-refractivity contribution in [1.29, 1.82) is 0 Å². The van der Waals surface area contributed by atoms with Gasteiger partial charge in [0.15, 0.2) is 17.5 Å². The van der Waals surface area contributed by atoms with Crippen LogP contribution >= 0.6 is 15.9 Å². The molecule has 1 aromatic rings. The largest absolute Gasteiger partial charge is 0.314 e. The van der Waals surface area contributed by atoms with E-state index in [1.807, 2.05) is 0 Å². The Morgan fingerprint density at radius 1 is 1.25 bits per heavy atom. The molecule has 1 unspecified atom stereocenters. The van der Waals surface area contributed by atoms with Crippen molar-refractivity contribution in [2.24, 2.45) is 0 Å². The van der Waals surface area contributed by atoms with E-state index in [1.165, 1.54) is 6.07 Å². The van der Waals surface area contributed by atoms with Gasteiger partial charge in [-0.2, -0.15) is 0 Å². The maximum absolute atomic E-state index is 13.4. The fourth-order valence-corrected chi connectivity index (χ4v) is 2.42. The predicted octanol–water partition coefficient (Wildman–Crippen LogP) is 3.16. The van der Waals surface area contributed by atoms with Gasteiger partial charge in [-0.05, 0) is 53.4 Å². The molecule has 5 heteroatoms. The molecule has 1 aromatic carbocycles. The molecule has 0 spiro atoms. The van der Waals surface area contributed by atoms with Crippen LogP contribution in [-0.4, -0.2) is 12.6 Å². The molecule has 1 aliphatic heterocycles. The van der Waals surface area contributed by atoms with Gasteiger partial charge in [0.05, 0.1) is 4.47 Å². The lowest BCUT2D eigenvalue weighted by Gasteiger charge is -2.12. The summed E-state index contributed by atoms with van der Waals surface area (Å²) in [6.45, 7) is 0.900. The zero-order valence-corrected chi connectivity index (χ0v) is 10.1. The smallest absolute Gasteiger partial charge is 0.195 e. The van der Waals surface area contributed by atoms with Crippen molar-refractivity contribution in [1.82, 2.24) is 5.32 Å². The summed E-state index contributed by atoms with van der Waals surface area (Å²) >= 11 is 2.88. The van der Waals surface area contributed by atoms with Crippen molar-refractivity contribution in [3.63, 3.8) is 0 Å². The maximum Gasteiger partial charge on any atom is 0.195 e. The van der Waals surface area contributed by atoms with Crippen LogP contribution in [0.4, 0.5) is 13.2 Å². The highest BCUT2D eigenvalue weighted by Gasteiger charge is 2.21. The Bertz CT molecular complexity index is 403. The molecule has 0 amide bonds. The van der Waals surface area contributed by atoms with Crippen LogP contribution in [-0.2, 0) is 6.42 Å². The molecule has 16 heavy (non-hydrogen) atoms. The summed E-state index contributed by atoms with van der Waals surface area (Å²) < 4.78 is 39.5. The first kappa shape index (κ1) is 11.9. The molecule has 2 rings (SSSR count). The second kappa shape index (κ2) is 4.75. The summed E-state index contributed by atoms with van der Waals surface area (Å²) in [6, 6.07) is 1.47. The van der Waals surface area contributed by atoms with Crippen LogP contribution in [0.5, 0.6) is 0 Å². The molecular formula is C11H11BrF3N. The van der Waals surface area contributed by atoms with Gasteiger partial charge in [0.1, 0.15) is 0 Å². The van der Waals surface area contributed by atoms with Crippen LogP contribution in [0.25, 0.3) is 0 Å². The number of rotatable bonds is 2. The van der Waals surface area contributed by atoms with Gasteiger partial charge < -0.3 is 5.32 Å². The molecule has 0 aliphatic carbocycles. The van der Waals surface area contributed by atoms with Crippen LogP contribution in [0.15, 0.2) is 10.5 Å². The van der Waals surface area contributed by atoms with Crippen molar-refractivity contribution in [3.05, 3.63) is 33.6 Å². The quantitative estimate of drug-likeness (QED) is 0.652. The zero-order chi connectivity index (χ0) is 11.7. The summed E-state index contributed by atoms with van der Waals surface area (Å²) in [4.78, 5) is 0. The Hall–Kier alpha value is -0.550. The average molecular weight is 294 g/mol. The van der Waals surface area contributed by atoms with E-state index >= 15 is 0 Å². The lowest BCUT2D eigenvalue weighted by Crippen LogP contribution is -2.24. The van der Waals surface area contributed by atoms with Crippen molar-refractivity contribution in [2.75, 3.05) is 6.54 Å². The number of halogens is 4. The Morgan fingerprint density at radius 3 is 2.62 bits per heavy atom. The van der Waals surface area contributed by atoms with Crippen LogP contribution in [0.2, 0.25) is 0 Å². The summed E-state index contributed by atoms with van der Waals surface area (Å²) in [5, 5.41) is 3.19. The molecule has 0 aromatic heterocycles. The van der Waals surface area contributed by atoms with Gasteiger partial charge in [0.2, 0.25) is 0 Å². The summed E-state index contributed by atoms with van der Waals surface area (Å²) in [6.07, 6.45) is 2.37. The minimum absolute atomic E-state index is 0.0283. The van der Waals surface area contributed by atoms with E-state index in [9.17, 15) is 13.2 Å². The fourth-order valence-electron chi connectivity index (χ4n) is 1.97. The number of hydrogen-bond acceptors (Lipinski definition) is 1. The molecular weight excluding hydrogens is 283 g/mol. The molecule has 0 radical (unpaired) electrons. The monoisotopic (exact) mass is 293 g/mol. The minimum Gasteiger partial charge on any atom is -0.314 e. The fraction of sp³-hybridized carbons (Fsp3) is 0.455. The van der Waals surface area contributed by atoms with Gasteiger partial charge >= 0.3 is 0 Å². The van der Waals surface area contributed by atoms with Crippen molar-refractivity contribution < 1.29 is 13.2 Å². The Labute approximate surface area is 100 Å². The van der Waals surface area contributed by atoms with E-state index in [-0.39, 0.29) is 16.1 Å². The van der Waals surface area contributed by atoms with E-state index in [0.29, 0.717) is 6.42 Å². The van der Waals surface area contributed by atoms with E-state index in [2.05, 4.69) is 21.2 Å². The van der Waals surface area contributed by atoms with Gasteiger partial charge in [-0.25, -0.2) is 13.2 Å². The highest BCUT2D eigenvalue weighted by Crippen LogP contribution is 2.25. The number of benzene rings is 1. The molecule has 1 aliphatic rings. The molecule has 0 bridgehead atoms. The molecule has 1 saturated heterocycles. The first-order valence-electron chi connectivity index (χ1n) is 5.15. The van der Waals surface area contributed by atoms with Crippen molar-refractivity contribution in [2.45, 2.75) is 25.3 Å². The predicted molar refractivity (Wildman–Crippen MR) is 58.7 cm³/mol.